The summed E-state index contributed by atoms with van der Waals surface area (Å²) in [4.78, 5) is 14.1. The molecule has 1 rings (SSSR count). The van der Waals surface area contributed by atoms with Gasteiger partial charge in [0.1, 0.15) is 0 Å². The van der Waals surface area contributed by atoms with E-state index < -0.39 is 0 Å². The maximum Gasteiger partial charge on any atom is 0.239 e. The lowest BCUT2D eigenvalue weighted by Gasteiger charge is -2.55. The zero-order chi connectivity index (χ0) is 14.6. The zero-order valence-electron chi connectivity index (χ0n) is 12.8. The Morgan fingerprint density at radius 3 is 2.68 bits per heavy atom. The molecule has 112 valence electrons. The maximum absolute atomic E-state index is 12.3. The van der Waals surface area contributed by atoms with Crippen LogP contribution in [0, 0.1) is 5.41 Å². The second kappa shape index (κ2) is 6.95. The van der Waals surface area contributed by atoms with Gasteiger partial charge in [0.25, 0.3) is 0 Å². The number of hydrogen-bond acceptors (Lipinski definition) is 4. The number of carbonyl (C=O) groups is 1. The Hall–Kier alpha value is -0.260. The van der Waals surface area contributed by atoms with Crippen LogP contribution in [0.3, 0.4) is 0 Å². The molecule has 0 saturated heterocycles. The monoisotopic (exact) mass is 288 g/mol. The minimum absolute atomic E-state index is 0.0135. The number of thioether (sulfide) groups is 1. The SMILES string of the molecule is CCOC1CC(N(C)C(=O)[C@@H](N)CCSC)C1(C)C. The molecule has 0 bridgehead atoms. The number of nitrogens with two attached hydrogens (primary N) is 1. The molecule has 3 atom stereocenters. The Morgan fingerprint density at radius 2 is 2.21 bits per heavy atom. The summed E-state index contributed by atoms with van der Waals surface area (Å²) in [6, 6.07) is -0.142. The molecular weight excluding hydrogens is 260 g/mol. The van der Waals surface area contributed by atoms with Crippen molar-refractivity contribution in [1.82, 2.24) is 4.90 Å². The lowest BCUT2D eigenvalue weighted by atomic mass is 9.63. The van der Waals surface area contributed by atoms with Gasteiger partial charge >= 0.3 is 0 Å². The van der Waals surface area contributed by atoms with Gasteiger partial charge in [0.05, 0.1) is 12.1 Å². The summed E-state index contributed by atoms with van der Waals surface area (Å²) in [5.41, 5.74) is 5.98. The van der Waals surface area contributed by atoms with Gasteiger partial charge in [-0.2, -0.15) is 11.8 Å². The molecule has 5 heteroatoms. The molecule has 1 saturated carbocycles. The summed E-state index contributed by atoms with van der Waals surface area (Å²) in [5.74, 6) is 0.984. The molecule has 1 fully saturated rings. The predicted molar refractivity (Wildman–Crippen MR) is 81.3 cm³/mol. The molecule has 19 heavy (non-hydrogen) atoms. The van der Waals surface area contributed by atoms with Crippen LogP contribution in [0.5, 0.6) is 0 Å². The van der Waals surface area contributed by atoms with Crippen molar-refractivity contribution in [3.05, 3.63) is 0 Å². The van der Waals surface area contributed by atoms with Gasteiger partial charge < -0.3 is 15.4 Å². The molecule has 0 aromatic rings. The highest BCUT2D eigenvalue weighted by atomic mass is 32.2. The summed E-state index contributed by atoms with van der Waals surface area (Å²) in [6.07, 6.45) is 3.94. The first-order chi connectivity index (χ1) is 8.86. The summed E-state index contributed by atoms with van der Waals surface area (Å²) in [5, 5.41) is 0. The van der Waals surface area contributed by atoms with Gasteiger partial charge in [0.15, 0.2) is 0 Å². The van der Waals surface area contributed by atoms with Crippen molar-refractivity contribution in [3.8, 4) is 0 Å². The third kappa shape index (κ3) is 3.64. The Kier molecular flexibility index (Phi) is 6.15. The molecule has 0 aromatic heterocycles. The molecule has 2 unspecified atom stereocenters. The van der Waals surface area contributed by atoms with Crippen molar-refractivity contribution >= 4 is 17.7 Å². The number of nitrogens with zero attached hydrogens (tertiary/aromatic N) is 1. The highest BCUT2D eigenvalue weighted by Gasteiger charge is 2.52. The Bertz CT molecular complexity index is 310. The van der Waals surface area contributed by atoms with Gasteiger partial charge in [-0.05, 0) is 31.8 Å². The van der Waals surface area contributed by atoms with Crippen molar-refractivity contribution < 1.29 is 9.53 Å². The third-order valence-corrected chi connectivity index (χ3v) is 4.90. The number of carbonyl (C=O) groups excluding carboxylic acids is 1. The van der Waals surface area contributed by atoms with Crippen molar-refractivity contribution in [2.24, 2.45) is 11.1 Å². The minimum Gasteiger partial charge on any atom is -0.378 e. The lowest BCUT2D eigenvalue weighted by molar-refractivity contribution is -0.164. The first kappa shape index (κ1) is 16.8. The largest absolute Gasteiger partial charge is 0.378 e. The van der Waals surface area contributed by atoms with E-state index in [0.29, 0.717) is 0 Å². The van der Waals surface area contributed by atoms with Crippen LogP contribution in [0.2, 0.25) is 0 Å². The van der Waals surface area contributed by atoms with Crippen molar-refractivity contribution in [1.29, 1.82) is 0 Å². The topological polar surface area (TPSA) is 55.6 Å². The number of rotatable bonds is 7. The molecule has 0 radical (unpaired) electrons. The fourth-order valence-corrected chi connectivity index (χ4v) is 3.28. The maximum atomic E-state index is 12.3. The van der Waals surface area contributed by atoms with Crippen LogP contribution in [0.4, 0.5) is 0 Å². The minimum atomic E-state index is -0.376. The second-order valence-electron chi connectivity index (χ2n) is 5.85. The van der Waals surface area contributed by atoms with Crippen LogP contribution in [-0.2, 0) is 9.53 Å². The summed E-state index contributed by atoms with van der Waals surface area (Å²) >= 11 is 1.72. The number of likely N-dealkylation sites (N-methyl/N-ethyl adjacent to an activating group) is 1. The summed E-state index contributed by atoms with van der Waals surface area (Å²) in [6.45, 7) is 7.07. The quantitative estimate of drug-likeness (QED) is 0.775. The zero-order valence-corrected chi connectivity index (χ0v) is 13.6. The van der Waals surface area contributed by atoms with Crippen LogP contribution in [0.1, 0.15) is 33.6 Å². The first-order valence-corrected chi connectivity index (χ1v) is 8.38. The van der Waals surface area contributed by atoms with E-state index in [1.54, 1.807) is 11.8 Å². The Balaban J connectivity index is 2.54. The highest BCUT2D eigenvalue weighted by Crippen LogP contribution is 2.45. The molecule has 4 nitrogen and oxygen atoms in total. The lowest BCUT2D eigenvalue weighted by Crippen LogP contribution is -2.64. The fraction of sp³-hybridized carbons (Fsp3) is 0.929. The van der Waals surface area contributed by atoms with E-state index >= 15 is 0 Å². The van der Waals surface area contributed by atoms with Gasteiger partial charge in [0.2, 0.25) is 5.91 Å². The van der Waals surface area contributed by atoms with Gasteiger partial charge in [0, 0.05) is 25.1 Å². The van der Waals surface area contributed by atoms with Crippen LogP contribution in [0.15, 0.2) is 0 Å². The molecule has 0 heterocycles. The Morgan fingerprint density at radius 1 is 1.58 bits per heavy atom. The number of amides is 1. The first-order valence-electron chi connectivity index (χ1n) is 6.99. The molecular formula is C14H28N2O2S. The van der Waals surface area contributed by atoms with Gasteiger partial charge in [-0.25, -0.2) is 0 Å². The van der Waals surface area contributed by atoms with Crippen LogP contribution < -0.4 is 5.73 Å². The van der Waals surface area contributed by atoms with Crippen LogP contribution in [-0.4, -0.2) is 54.7 Å². The summed E-state index contributed by atoms with van der Waals surface area (Å²) < 4.78 is 5.71. The third-order valence-electron chi connectivity index (χ3n) is 4.26. The number of ether oxygens (including phenoxy) is 1. The van der Waals surface area contributed by atoms with E-state index in [-0.39, 0.29) is 29.5 Å². The van der Waals surface area contributed by atoms with E-state index in [1.807, 2.05) is 25.1 Å². The summed E-state index contributed by atoms with van der Waals surface area (Å²) in [7, 11) is 1.87. The van der Waals surface area contributed by atoms with Gasteiger partial charge in [-0.3, -0.25) is 4.79 Å². The highest BCUT2D eigenvalue weighted by molar-refractivity contribution is 7.98. The van der Waals surface area contributed by atoms with E-state index in [2.05, 4.69) is 13.8 Å². The van der Waals surface area contributed by atoms with Crippen molar-refractivity contribution in [2.45, 2.75) is 51.8 Å². The molecule has 0 aliphatic heterocycles. The van der Waals surface area contributed by atoms with Crippen LogP contribution >= 0.6 is 11.8 Å². The van der Waals surface area contributed by atoms with E-state index in [9.17, 15) is 4.79 Å². The van der Waals surface area contributed by atoms with E-state index in [0.717, 1.165) is 25.2 Å². The fourth-order valence-electron chi connectivity index (χ4n) is 2.79. The van der Waals surface area contributed by atoms with Gasteiger partial charge in [-0.1, -0.05) is 13.8 Å². The predicted octanol–water partition coefficient (Wildman–Crippen LogP) is 1.73. The molecule has 1 amide bonds. The van der Waals surface area contributed by atoms with Crippen molar-refractivity contribution in [3.63, 3.8) is 0 Å². The molecule has 2 N–H and O–H groups in total. The Labute approximate surface area is 121 Å². The van der Waals surface area contributed by atoms with Crippen molar-refractivity contribution in [2.75, 3.05) is 25.7 Å². The molecule has 0 aromatic carbocycles. The van der Waals surface area contributed by atoms with Gasteiger partial charge in [-0.15, -0.1) is 0 Å². The van der Waals surface area contributed by atoms with Crippen LogP contribution in [0.25, 0.3) is 0 Å². The van der Waals surface area contributed by atoms with E-state index in [1.165, 1.54) is 0 Å². The smallest absolute Gasteiger partial charge is 0.239 e. The number of hydrogen-bond donors (Lipinski definition) is 1. The average molecular weight is 288 g/mol. The second-order valence-corrected chi connectivity index (χ2v) is 6.84. The standard InChI is InChI=1S/C14H28N2O2S/c1-6-18-12-9-11(14(12,2)3)16(4)13(17)10(15)7-8-19-5/h10-12H,6-9,15H2,1-5H3/t10-,11?,12?/m0/s1. The molecule has 0 spiro atoms. The molecule has 1 aliphatic carbocycles. The average Bonchev–Trinajstić information content (AvgIpc) is 2.38. The normalized spacial score (nSPS) is 26.6. The molecule has 1 aliphatic rings. The van der Waals surface area contributed by atoms with E-state index in [4.69, 9.17) is 10.5 Å².